The van der Waals surface area contributed by atoms with E-state index >= 15 is 0 Å². The highest BCUT2D eigenvalue weighted by molar-refractivity contribution is 5.98. The summed E-state index contributed by atoms with van der Waals surface area (Å²) in [6.07, 6.45) is -2.04. The van der Waals surface area contributed by atoms with Crippen LogP contribution in [0.15, 0.2) is 23.0 Å². The van der Waals surface area contributed by atoms with Gasteiger partial charge in [-0.25, -0.2) is 19.2 Å². The number of hydrogen-bond donors (Lipinski definition) is 2. The number of carbonyl (C=O) groups excluding carboxylic acids is 5. The Kier molecular flexibility index (Phi) is 8.12. The maximum absolute atomic E-state index is 13.7. The molecule has 2 heterocycles. The first kappa shape index (κ1) is 32.3. The van der Waals surface area contributed by atoms with Gasteiger partial charge in [-0.2, -0.15) is 0 Å². The van der Waals surface area contributed by atoms with Crippen molar-refractivity contribution in [1.82, 2.24) is 0 Å². The van der Waals surface area contributed by atoms with Crippen LogP contribution in [0.25, 0.3) is 0 Å². The van der Waals surface area contributed by atoms with Gasteiger partial charge in [0.15, 0.2) is 17.1 Å². The van der Waals surface area contributed by atoms with Crippen LogP contribution in [0.4, 0.5) is 0 Å². The van der Waals surface area contributed by atoms with Crippen molar-refractivity contribution in [3.8, 4) is 0 Å². The number of ketones is 1. The Hall–Kier alpha value is -3.09. The molecule has 5 rings (SSSR count). The van der Waals surface area contributed by atoms with E-state index in [-0.39, 0.29) is 37.5 Å². The van der Waals surface area contributed by atoms with Gasteiger partial charge in [0.05, 0.1) is 25.7 Å². The van der Waals surface area contributed by atoms with Gasteiger partial charge in [-0.3, -0.25) is 4.79 Å². The predicted octanol–water partition coefficient (Wildman–Crippen LogP) is 1.90. The van der Waals surface area contributed by atoms with Crippen molar-refractivity contribution in [3.63, 3.8) is 0 Å². The van der Waals surface area contributed by atoms with Crippen LogP contribution < -0.4 is 5.73 Å². The average Bonchev–Trinajstić information content (AvgIpc) is 3.16. The number of ether oxygens (including phenoxy) is 5. The third kappa shape index (κ3) is 4.63. The quantitative estimate of drug-likeness (QED) is 0.241. The van der Waals surface area contributed by atoms with Gasteiger partial charge in [-0.15, -0.1) is 0 Å². The van der Waals surface area contributed by atoms with E-state index in [0.717, 1.165) is 0 Å². The Balaban J connectivity index is 1.60. The summed E-state index contributed by atoms with van der Waals surface area (Å²) >= 11 is 0. The van der Waals surface area contributed by atoms with Gasteiger partial charge in [0.1, 0.15) is 12.1 Å². The molecule has 0 amide bonds. The Morgan fingerprint density at radius 3 is 2.48 bits per heavy atom. The number of rotatable bonds is 7. The van der Waals surface area contributed by atoms with Crippen molar-refractivity contribution in [2.24, 2.45) is 40.2 Å². The molecule has 2 saturated heterocycles. The van der Waals surface area contributed by atoms with E-state index < -0.39 is 88.2 Å². The van der Waals surface area contributed by atoms with Crippen molar-refractivity contribution in [3.05, 3.63) is 23.0 Å². The van der Waals surface area contributed by atoms with Crippen LogP contribution >= 0.6 is 0 Å². The molecule has 3 aliphatic carbocycles. The van der Waals surface area contributed by atoms with Gasteiger partial charge < -0.3 is 34.5 Å². The number of Topliss-reactive ketones (excluding diaryl/α,β-unsaturated/α-hetero) is 1. The lowest BCUT2D eigenvalue weighted by molar-refractivity contribution is -0.269. The molecule has 2 saturated carbocycles. The van der Waals surface area contributed by atoms with Gasteiger partial charge in [0.25, 0.3) is 0 Å². The van der Waals surface area contributed by atoms with Crippen molar-refractivity contribution < 1.29 is 52.8 Å². The molecule has 12 heteroatoms. The Labute approximate surface area is 256 Å². The molecule has 0 aromatic rings. The van der Waals surface area contributed by atoms with E-state index in [2.05, 4.69) is 0 Å². The fourth-order valence-corrected chi connectivity index (χ4v) is 9.20. The summed E-state index contributed by atoms with van der Waals surface area (Å²) in [6.45, 7) is 10.8. The van der Waals surface area contributed by atoms with Crippen LogP contribution in [-0.2, 0) is 47.7 Å². The minimum atomic E-state index is -1.78. The maximum atomic E-state index is 13.7. The molecular formula is C32H43NO11. The smallest absolute Gasteiger partial charge is 0.348 e. The molecule has 1 spiro atoms. The molecule has 12 nitrogen and oxygen atoms in total. The second kappa shape index (κ2) is 11.1. The van der Waals surface area contributed by atoms with Gasteiger partial charge in [-0.05, 0) is 56.4 Å². The zero-order valence-corrected chi connectivity index (χ0v) is 26.3. The maximum Gasteiger partial charge on any atom is 0.348 e. The SMILES string of the molecule is COC(=O)C12CC(O)C3C4(C)CC(=O)C(OC(=O)C(N)CC(C)C)=C(C)C4CC4OC(=O)C(OC(=O)C=C(C)C)C1C43CO2. The average molecular weight is 618 g/mol. The molecule has 2 aliphatic heterocycles. The van der Waals surface area contributed by atoms with Crippen molar-refractivity contribution in [2.75, 3.05) is 13.7 Å². The number of nitrogens with two attached hydrogens (primary N) is 1. The van der Waals surface area contributed by atoms with Gasteiger partial charge in [-0.1, -0.05) is 26.3 Å². The van der Waals surface area contributed by atoms with Crippen LogP contribution in [0.3, 0.4) is 0 Å². The number of carbonyl (C=O) groups is 5. The minimum Gasteiger partial charge on any atom is -0.467 e. The molecule has 5 aliphatic rings. The van der Waals surface area contributed by atoms with E-state index in [1.165, 1.54) is 13.2 Å². The van der Waals surface area contributed by atoms with Crippen LogP contribution in [-0.4, -0.2) is 78.4 Å². The molecule has 10 atom stereocenters. The number of esters is 4. The standard InChI is InChI=1S/C32H43NO11/c1-14(2)8-18(33)27(37)44-23-16(5)17-10-21-31-13-41-32(29(39)40-7,12-20(35)25(31)30(17,6)11-19(23)34)26(31)24(28(38)42-21)43-22(36)9-15(3)4/h9,14,17-18,20-21,24-26,35H,8,10-13,33H2,1-7H3. The van der Waals surface area contributed by atoms with E-state index in [9.17, 15) is 29.1 Å². The molecule has 0 aromatic heterocycles. The van der Waals surface area contributed by atoms with E-state index in [1.807, 2.05) is 20.8 Å². The fraction of sp³-hybridized carbons (Fsp3) is 0.719. The summed E-state index contributed by atoms with van der Waals surface area (Å²) in [5.41, 5.74) is 3.31. The van der Waals surface area contributed by atoms with Crippen molar-refractivity contribution in [1.29, 1.82) is 0 Å². The minimum absolute atomic E-state index is 0.0725. The van der Waals surface area contributed by atoms with E-state index in [4.69, 9.17) is 29.4 Å². The lowest BCUT2D eigenvalue weighted by Crippen LogP contribution is -2.75. The molecule has 242 valence electrons. The molecule has 3 N–H and O–H groups in total. The summed E-state index contributed by atoms with van der Waals surface area (Å²) in [4.78, 5) is 66.5. The lowest BCUT2D eigenvalue weighted by atomic mass is 9.38. The molecule has 44 heavy (non-hydrogen) atoms. The molecular weight excluding hydrogens is 574 g/mol. The second-order valence-corrected chi connectivity index (χ2v) is 14.1. The fourth-order valence-electron chi connectivity index (χ4n) is 9.20. The third-order valence-corrected chi connectivity index (χ3v) is 10.6. The van der Waals surface area contributed by atoms with Gasteiger partial charge in [0, 0.05) is 30.3 Å². The van der Waals surface area contributed by atoms with Gasteiger partial charge in [0.2, 0.25) is 6.10 Å². The number of allylic oxidation sites excluding steroid dienone is 3. The monoisotopic (exact) mass is 617 g/mol. The highest BCUT2D eigenvalue weighted by Crippen LogP contribution is 2.72. The molecule has 0 radical (unpaired) electrons. The topological polar surface area (TPSA) is 178 Å². The summed E-state index contributed by atoms with van der Waals surface area (Å²) < 4.78 is 28.7. The molecule has 10 unspecified atom stereocenters. The zero-order chi connectivity index (χ0) is 32.5. The highest BCUT2D eigenvalue weighted by Gasteiger charge is 2.82. The zero-order valence-electron chi connectivity index (χ0n) is 26.3. The normalized spacial score (nSPS) is 39.5. The Morgan fingerprint density at radius 2 is 1.86 bits per heavy atom. The summed E-state index contributed by atoms with van der Waals surface area (Å²) in [5, 5.41) is 11.9. The highest BCUT2D eigenvalue weighted by atomic mass is 16.6. The van der Waals surface area contributed by atoms with Crippen molar-refractivity contribution in [2.45, 2.75) is 97.2 Å². The third-order valence-electron chi connectivity index (χ3n) is 10.6. The number of aliphatic hydroxyl groups is 1. The van der Waals surface area contributed by atoms with E-state index in [0.29, 0.717) is 17.6 Å². The number of aliphatic hydroxyl groups excluding tert-OH is 1. The second-order valence-electron chi connectivity index (χ2n) is 14.1. The first-order valence-electron chi connectivity index (χ1n) is 15.2. The molecule has 4 fully saturated rings. The number of hydrogen-bond acceptors (Lipinski definition) is 12. The lowest BCUT2D eigenvalue weighted by Gasteiger charge is -2.66. The molecule has 0 aromatic carbocycles. The van der Waals surface area contributed by atoms with Crippen LogP contribution in [0.5, 0.6) is 0 Å². The van der Waals surface area contributed by atoms with Crippen molar-refractivity contribution >= 4 is 29.7 Å². The first-order chi connectivity index (χ1) is 20.5. The summed E-state index contributed by atoms with van der Waals surface area (Å²) in [7, 11) is 1.19. The Morgan fingerprint density at radius 1 is 1.18 bits per heavy atom. The van der Waals surface area contributed by atoms with Crippen LogP contribution in [0.2, 0.25) is 0 Å². The predicted molar refractivity (Wildman–Crippen MR) is 152 cm³/mol. The Bertz CT molecular complexity index is 1350. The first-order valence-corrected chi connectivity index (χ1v) is 15.2. The number of fused-ring (bicyclic) bond motifs is 2. The summed E-state index contributed by atoms with van der Waals surface area (Å²) in [5.74, 6) is -5.64. The van der Waals surface area contributed by atoms with E-state index in [1.54, 1.807) is 20.8 Å². The van der Waals surface area contributed by atoms with Crippen LogP contribution in [0.1, 0.15) is 67.2 Å². The summed E-state index contributed by atoms with van der Waals surface area (Å²) in [6, 6.07) is -0.903. The molecule has 2 bridgehead atoms. The van der Waals surface area contributed by atoms with Crippen LogP contribution in [0, 0.1) is 34.5 Å². The van der Waals surface area contributed by atoms with Gasteiger partial charge >= 0.3 is 23.9 Å². The largest absolute Gasteiger partial charge is 0.467 e. The number of methoxy groups -OCH3 is 1.